The van der Waals surface area contributed by atoms with Crippen LogP contribution in [0.15, 0.2) is 60.2 Å². The molecular weight excluding hydrogens is 613 g/mol. The van der Waals surface area contributed by atoms with E-state index in [1.165, 1.54) is 25.3 Å². The molecule has 3 aromatic rings. The highest BCUT2D eigenvalue weighted by Crippen LogP contribution is 2.36. The van der Waals surface area contributed by atoms with Crippen molar-refractivity contribution in [2.45, 2.75) is 13.5 Å². The Bertz CT molecular complexity index is 1400. The van der Waals surface area contributed by atoms with Gasteiger partial charge in [0.05, 0.1) is 27.9 Å². The molecule has 0 bridgehead atoms. The fourth-order valence-corrected chi connectivity index (χ4v) is 4.22. The molecule has 1 N–H and O–H groups in total. The Hall–Kier alpha value is -3.82. The number of nitro benzene ring substituents is 1. The first-order valence-electron chi connectivity index (χ1n) is 10.9. The maximum Gasteiger partial charge on any atom is 0.271 e. The summed E-state index contributed by atoms with van der Waals surface area (Å²) in [6.07, 6.45) is 1.39. The van der Waals surface area contributed by atoms with E-state index < -0.39 is 10.8 Å². The smallest absolute Gasteiger partial charge is 0.271 e. The van der Waals surface area contributed by atoms with E-state index in [0.717, 1.165) is 11.6 Å². The summed E-state index contributed by atoms with van der Waals surface area (Å²) in [5.74, 6) is 0.396. The molecule has 0 heterocycles. The highest BCUT2D eigenvalue weighted by atomic mass is 127. The predicted molar refractivity (Wildman–Crippen MR) is 148 cm³/mol. The van der Waals surface area contributed by atoms with Crippen molar-refractivity contribution in [3.05, 3.63) is 90.0 Å². The lowest BCUT2D eigenvalue weighted by atomic mass is 10.1. The van der Waals surface area contributed by atoms with Gasteiger partial charge in [0.2, 0.25) is 0 Å². The minimum Gasteiger partial charge on any atom is -0.495 e. The lowest BCUT2D eigenvalue weighted by Crippen LogP contribution is -2.14. The number of methoxy groups -OCH3 is 1. The number of carbonyl (C=O) groups is 1. The molecule has 0 aromatic heterocycles. The molecule has 190 valence electrons. The summed E-state index contributed by atoms with van der Waals surface area (Å²) in [6, 6.07) is 16.4. The average Bonchev–Trinajstić information content (AvgIpc) is 2.87. The molecule has 0 atom stereocenters. The van der Waals surface area contributed by atoms with Crippen LogP contribution in [0.25, 0.3) is 6.08 Å². The van der Waals surface area contributed by atoms with E-state index in [2.05, 4.69) is 27.9 Å². The number of nitriles is 1. The Balaban J connectivity index is 1.89. The molecule has 0 aliphatic carbocycles. The van der Waals surface area contributed by atoms with Crippen LogP contribution in [0.4, 0.5) is 11.4 Å². The maximum absolute atomic E-state index is 12.9. The zero-order valence-electron chi connectivity index (χ0n) is 19.8. The second-order valence-corrected chi connectivity index (χ2v) is 8.98. The van der Waals surface area contributed by atoms with Crippen molar-refractivity contribution in [1.29, 1.82) is 5.26 Å². The van der Waals surface area contributed by atoms with E-state index in [0.29, 0.717) is 32.3 Å². The summed E-state index contributed by atoms with van der Waals surface area (Å²) in [5, 5.41) is 23.9. The highest BCUT2D eigenvalue weighted by Gasteiger charge is 2.18. The van der Waals surface area contributed by atoms with Crippen LogP contribution < -0.4 is 19.5 Å². The topological polar surface area (TPSA) is 124 Å². The molecule has 0 spiro atoms. The third-order valence-corrected chi connectivity index (χ3v) is 6.15. The Morgan fingerprint density at radius 3 is 2.59 bits per heavy atom. The number of ether oxygens (including phenoxy) is 3. The first-order chi connectivity index (χ1) is 17.8. The predicted octanol–water partition coefficient (Wildman–Crippen LogP) is 6.38. The van der Waals surface area contributed by atoms with Crippen LogP contribution in [0, 0.1) is 25.0 Å². The summed E-state index contributed by atoms with van der Waals surface area (Å²) in [6.45, 7) is 2.42. The summed E-state index contributed by atoms with van der Waals surface area (Å²) in [7, 11) is 1.37. The fourth-order valence-electron chi connectivity index (χ4n) is 3.25. The Kier molecular flexibility index (Phi) is 9.71. The number of nitrogens with zero attached hydrogens (tertiary/aromatic N) is 2. The number of hydrogen-bond acceptors (Lipinski definition) is 7. The van der Waals surface area contributed by atoms with Gasteiger partial charge in [0, 0.05) is 22.7 Å². The second kappa shape index (κ2) is 12.9. The van der Waals surface area contributed by atoms with Crippen molar-refractivity contribution < 1.29 is 23.9 Å². The van der Waals surface area contributed by atoms with Crippen LogP contribution in [-0.2, 0) is 11.4 Å². The zero-order valence-corrected chi connectivity index (χ0v) is 22.7. The van der Waals surface area contributed by atoms with Crippen LogP contribution in [-0.4, -0.2) is 24.5 Å². The van der Waals surface area contributed by atoms with Crippen molar-refractivity contribution >= 4 is 57.5 Å². The zero-order chi connectivity index (χ0) is 26.9. The molecule has 0 unspecified atom stereocenters. The normalized spacial score (nSPS) is 10.8. The van der Waals surface area contributed by atoms with Gasteiger partial charge in [-0.3, -0.25) is 14.9 Å². The first kappa shape index (κ1) is 27.8. The summed E-state index contributed by atoms with van der Waals surface area (Å²) < 4.78 is 17.6. The Morgan fingerprint density at radius 2 is 1.95 bits per heavy atom. The standard InChI is InChI=1S/C26H21ClIN3O6/c1-3-36-24-12-16(11-21(28)25(24)37-15-17-6-4-5-7-20(17)27)10-18(14-29)26(32)30-22-13-19(31(33)34)8-9-23(22)35-2/h4-13H,3,15H2,1-2H3,(H,30,32)/b18-10+. The van der Waals surface area contributed by atoms with Crippen LogP contribution in [0.3, 0.4) is 0 Å². The van der Waals surface area contributed by atoms with E-state index in [1.54, 1.807) is 18.2 Å². The van der Waals surface area contributed by atoms with Crippen molar-refractivity contribution in [3.8, 4) is 23.3 Å². The largest absolute Gasteiger partial charge is 0.495 e. The lowest BCUT2D eigenvalue weighted by molar-refractivity contribution is -0.384. The van der Waals surface area contributed by atoms with E-state index in [1.807, 2.05) is 31.2 Å². The maximum atomic E-state index is 12.9. The van der Waals surface area contributed by atoms with Gasteiger partial charge < -0.3 is 19.5 Å². The summed E-state index contributed by atoms with van der Waals surface area (Å²) >= 11 is 8.32. The Labute approximate surface area is 231 Å². The van der Waals surface area contributed by atoms with Gasteiger partial charge in [0.25, 0.3) is 11.6 Å². The van der Waals surface area contributed by atoms with E-state index >= 15 is 0 Å². The van der Waals surface area contributed by atoms with E-state index in [4.69, 9.17) is 25.8 Å². The second-order valence-electron chi connectivity index (χ2n) is 7.41. The van der Waals surface area contributed by atoms with Gasteiger partial charge in [-0.1, -0.05) is 29.8 Å². The number of hydrogen-bond donors (Lipinski definition) is 1. The summed E-state index contributed by atoms with van der Waals surface area (Å²) in [4.78, 5) is 23.4. The van der Waals surface area contributed by atoms with Crippen molar-refractivity contribution in [2.24, 2.45) is 0 Å². The quantitative estimate of drug-likeness (QED) is 0.0903. The molecular formula is C26H21ClIN3O6. The van der Waals surface area contributed by atoms with Crippen LogP contribution in [0.1, 0.15) is 18.1 Å². The van der Waals surface area contributed by atoms with E-state index in [9.17, 15) is 20.2 Å². The molecule has 0 radical (unpaired) electrons. The van der Waals surface area contributed by atoms with Gasteiger partial charge >= 0.3 is 0 Å². The third-order valence-electron chi connectivity index (χ3n) is 4.98. The molecule has 0 saturated carbocycles. The van der Waals surface area contributed by atoms with Crippen molar-refractivity contribution in [2.75, 3.05) is 19.0 Å². The van der Waals surface area contributed by atoms with Crippen molar-refractivity contribution in [1.82, 2.24) is 0 Å². The van der Waals surface area contributed by atoms with Crippen LogP contribution in [0.2, 0.25) is 5.02 Å². The molecule has 37 heavy (non-hydrogen) atoms. The number of benzene rings is 3. The molecule has 9 nitrogen and oxygen atoms in total. The van der Waals surface area contributed by atoms with Crippen LogP contribution in [0.5, 0.6) is 17.2 Å². The van der Waals surface area contributed by atoms with Gasteiger partial charge in [0.1, 0.15) is 24.0 Å². The van der Waals surface area contributed by atoms with Gasteiger partial charge in [-0.25, -0.2) is 0 Å². The number of nitrogens with one attached hydrogen (secondary N) is 1. The van der Waals surface area contributed by atoms with Gasteiger partial charge in [0.15, 0.2) is 11.5 Å². The highest BCUT2D eigenvalue weighted by molar-refractivity contribution is 14.1. The molecule has 0 saturated heterocycles. The van der Waals surface area contributed by atoms with Gasteiger partial charge in [-0.15, -0.1) is 0 Å². The number of rotatable bonds is 10. The van der Waals surface area contributed by atoms with Crippen molar-refractivity contribution in [3.63, 3.8) is 0 Å². The number of non-ortho nitro benzene ring substituents is 1. The third kappa shape index (κ3) is 7.12. The minimum atomic E-state index is -0.756. The number of halogens is 2. The summed E-state index contributed by atoms with van der Waals surface area (Å²) in [5.41, 5.74) is 0.941. The minimum absolute atomic E-state index is 0.0655. The number of nitro groups is 1. The van der Waals surface area contributed by atoms with Gasteiger partial charge in [-0.2, -0.15) is 5.26 Å². The monoisotopic (exact) mass is 633 g/mol. The molecule has 3 rings (SSSR count). The molecule has 0 aliphatic heterocycles. The van der Waals surface area contributed by atoms with Gasteiger partial charge in [-0.05, 0) is 65.4 Å². The van der Waals surface area contributed by atoms with E-state index in [-0.39, 0.29) is 29.3 Å². The fraction of sp³-hybridized carbons (Fsp3) is 0.154. The molecule has 0 aliphatic rings. The molecule has 0 fully saturated rings. The Morgan fingerprint density at radius 1 is 1.19 bits per heavy atom. The lowest BCUT2D eigenvalue weighted by Gasteiger charge is -2.15. The molecule has 1 amide bonds. The van der Waals surface area contributed by atoms with Crippen LogP contribution >= 0.6 is 34.2 Å². The SMILES string of the molecule is CCOc1cc(/C=C(\C#N)C(=O)Nc2cc([N+](=O)[O-])ccc2OC)cc(I)c1OCc1ccccc1Cl. The number of carbonyl (C=O) groups excluding carboxylic acids is 1. The average molecular weight is 634 g/mol. The first-order valence-corrected chi connectivity index (χ1v) is 12.3. The number of anilines is 1. The molecule has 11 heteroatoms. The molecule has 3 aromatic carbocycles. The number of amides is 1.